The number of aromatic nitrogens is 4. The van der Waals surface area contributed by atoms with E-state index in [9.17, 15) is 0 Å². The van der Waals surface area contributed by atoms with Gasteiger partial charge in [0.15, 0.2) is 0 Å². The Hall–Kier alpha value is -3.42. The van der Waals surface area contributed by atoms with Crippen LogP contribution in [0.4, 0.5) is 5.69 Å². The lowest BCUT2D eigenvalue weighted by Crippen LogP contribution is -2.46. The predicted octanol–water partition coefficient (Wildman–Crippen LogP) is 5.22. The third kappa shape index (κ3) is 4.13. The van der Waals surface area contributed by atoms with E-state index in [0.29, 0.717) is 0 Å². The van der Waals surface area contributed by atoms with E-state index < -0.39 is 0 Å². The number of fused-ring (bicyclic) bond motifs is 2. The molecule has 1 fully saturated rings. The number of para-hydroxylation sites is 1. The standard InChI is InChI=1S/C27H26N6S/c1-34-21-8-6-20(7-9-21)27-30-23-3-2-4-25(26(23)31-27)33-15-13-32(14-16-33)18-19-5-10-22-24(17-19)29-12-11-28-22/h2-12,17H,13-16,18H2,1H3,(H,30,31). The van der Waals surface area contributed by atoms with Crippen LogP contribution in [0, 0.1) is 0 Å². The minimum Gasteiger partial charge on any atom is -0.367 e. The molecule has 0 amide bonds. The van der Waals surface area contributed by atoms with Gasteiger partial charge in [-0.25, -0.2) is 4.98 Å². The van der Waals surface area contributed by atoms with Crippen LogP contribution in [-0.2, 0) is 6.54 Å². The molecular weight excluding hydrogens is 440 g/mol. The molecule has 6 rings (SSSR count). The molecule has 0 aliphatic carbocycles. The second kappa shape index (κ2) is 9.08. The molecule has 1 N–H and O–H groups in total. The highest BCUT2D eigenvalue weighted by Gasteiger charge is 2.20. The highest BCUT2D eigenvalue weighted by Crippen LogP contribution is 2.30. The van der Waals surface area contributed by atoms with Crippen LogP contribution in [0.25, 0.3) is 33.5 Å². The summed E-state index contributed by atoms with van der Waals surface area (Å²) in [6.07, 6.45) is 5.59. The van der Waals surface area contributed by atoms with Gasteiger partial charge in [-0.1, -0.05) is 24.3 Å². The van der Waals surface area contributed by atoms with Gasteiger partial charge in [-0.15, -0.1) is 11.8 Å². The van der Waals surface area contributed by atoms with Gasteiger partial charge in [0.05, 0.1) is 22.2 Å². The molecule has 34 heavy (non-hydrogen) atoms. The van der Waals surface area contributed by atoms with Crippen LogP contribution in [-0.4, -0.2) is 57.3 Å². The van der Waals surface area contributed by atoms with E-state index in [1.165, 1.54) is 16.1 Å². The van der Waals surface area contributed by atoms with E-state index in [2.05, 4.69) is 91.7 Å². The molecule has 0 unspecified atom stereocenters. The first-order chi connectivity index (χ1) is 16.8. The van der Waals surface area contributed by atoms with Crippen molar-refractivity contribution in [1.82, 2.24) is 24.8 Å². The summed E-state index contributed by atoms with van der Waals surface area (Å²) >= 11 is 1.75. The van der Waals surface area contributed by atoms with Crippen molar-refractivity contribution < 1.29 is 0 Å². The number of rotatable bonds is 5. The Bertz CT molecular complexity index is 1440. The molecule has 1 aliphatic rings. The summed E-state index contributed by atoms with van der Waals surface area (Å²) in [6.45, 7) is 4.93. The Morgan fingerprint density at radius 2 is 1.68 bits per heavy atom. The fourth-order valence-electron chi connectivity index (χ4n) is 4.67. The largest absolute Gasteiger partial charge is 0.367 e. The number of aromatic amines is 1. The molecule has 1 aliphatic heterocycles. The number of piperazine rings is 1. The van der Waals surface area contributed by atoms with Gasteiger partial charge in [0, 0.05) is 55.6 Å². The fourth-order valence-corrected chi connectivity index (χ4v) is 5.08. The summed E-state index contributed by atoms with van der Waals surface area (Å²) in [5.41, 5.74) is 7.65. The summed E-state index contributed by atoms with van der Waals surface area (Å²) in [4.78, 5) is 23.6. The molecule has 0 atom stereocenters. The molecule has 0 bridgehead atoms. The molecule has 0 radical (unpaired) electrons. The Kier molecular flexibility index (Phi) is 5.65. The number of H-pyrrole nitrogens is 1. The van der Waals surface area contributed by atoms with Gasteiger partial charge in [-0.05, 0) is 48.2 Å². The van der Waals surface area contributed by atoms with Crippen LogP contribution in [0.1, 0.15) is 5.56 Å². The Morgan fingerprint density at radius 3 is 2.47 bits per heavy atom. The number of thioether (sulfide) groups is 1. The van der Waals surface area contributed by atoms with Gasteiger partial charge in [0.25, 0.3) is 0 Å². The van der Waals surface area contributed by atoms with Gasteiger partial charge in [0.1, 0.15) is 11.3 Å². The molecule has 170 valence electrons. The van der Waals surface area contributed by atoms with Crippen LogP contribution in [0.2, 0.25) is 0 Å². The molecule has 5 aromatic rings. The quantitative estimate of drug-likeness (QED) is 0.359. The smallest absolute Gasteiger partial charge is 0.138 e. The second-order valence-corrected chi connectivity index (χ2v) is 9.51. The molecule has 3 heterocycles. The van der Waals surface area contributed by atoms with Crippen LogP contribution < -0.4 is 4.90 Å². The van der Waals surface area contributed by atoms with E-state index in [0.717, 1.165) is 66.2 Å². The van der Waals surface area contributed by atoms with E-state index in [4.69, 9.17) is 4.98 Å². The molecule has 7 heteroatoms. The highest BCUT2D eigenvalue weighted by atomic mass is 32.2. The third-order valence-electron chi connectivity index (χ3n) is 6.51. The SMILES string of the molecule is CSc1ccc(-c2nc3c(N4CCN(Cc5ccc6nccnc6c5)CC4)cccc3[nH]2)cc1. The van der Waals surface area contributed by atoms with Crippen LogP contribution in [0.15, 0.2) is 78.0 Å². The van der Waals surface area contributed by atoms with Crippen LogP contribution >= 0.6 is 11.8 Å². The first-order valence-corrected chi connectivity index (χ1v) is 12.8. The van der Waals surface area contributed by atoms with Crippen molar-refractivity contribution in [3.05, 3.63) is 78.6 Å². The molecule has 3 aromatic carbocycles. The normalized spacial score (nSPS) is 14.8. The Balaban J connectivity index is 1.18. The van der Waals surface area contributed by atoms with Gasteiger partial charge in [-0.2, -0.15) is 0 Å². The zero-order valence-corrected chi connectivity index (χ0v) is 19.9. The van der Waals surface area contributed by atoms with Crippen molar-refractivity contribution in [2.75, 3.05) is 37.3 Å². The van der Waals surface area contributed by atoms with Gasteiger partial charge >= 0.3 is 0 Å². The van der Waals surface area contributed by atoms with E-state index in [1.807, 2.05) is 0 Å². The number of nitrogens with zero attached hydrogens (tertiary/aromatic N) is 5. The molecular formula is C27H26N6S. The van der Waals surface area contributed by atoms with Crippen molar-refractivity contribution >= 4 is 39.5 Å². The predicted molar refractivity (Wildman–Crippen MR) is 140 cm³/mol. The van der Waals surface area contributed by atoms with E-state index >= 15 is 0 Å². The van der Waals surface area contributed by atoms with Crippen LogP contribution in [0.5, 0.6) is 0 Å². The van der Waals surface area contributed by atoms with Gasteiger partial charge in [0.2, 0.25) is 0 Å². The number of hydrogen-bond acceptors (Lipinski definition) is 6. The van der Waals surface area contributed by atoms with Crippen molar-refractivity contribution in [3.8, 4) is 11.4 Å². The number of hydrogen-bond donors (Lipinski definition) is 1. The second-order valence-electron chi connectivity index (χ2n) is 8.63. The van der Waals surface area contributed by atoms with Crippen molar-refractivity contribution in [3.63, 3.8) is 0 Å². The minimum absolute atomic E-state index is 0.924. The Morgan fingerprint density at radius 1 is 0.882 bits per heavy atom. The first-order valence-electron chi connectivity index (χ1n) is 11.6. The van der Waals surface area contributed by atoms with Crippen LogP contribution in [0.3, 0.4) is 0 Å². The topological polar surface area (TPSA) is 60.9 Å². The van der Waals surface area contributed by atoms with E-state index in [1.54, 1.807) is 24.2 Å². The van der Waals surface area contributed by atoms with Gasteiger partial charge in [-0.3, -0.25) is 14.9 Å². The Labute approximate surface area is 203 Å². The highest BCUT2D eigenvalue weighted by molar-refractivity contribution is 7.98. The van der Waals surface area contributed by atoms with Crippen molar-refractivity contribution in [2.45, 2.75) is 11.4 Å². The molecule has 2 aromatic heterocycles. The maximum absolute atomic E-state index is 5.00. The van der Waals surface area contributed by atoms with Crippen molar-refractivity contribution in [1.29, 1.82) is 0 Å². The maximum atomic E-state index is 5.00. The lowest BCUT2D eigenvalue weighted by molar-refractivity contribution is 0.250. The summed E-state index contributed by atoms with van der Waals surface area (Å²) in [6, 6.07) is 21.4. The molecule has 1 saturated heterocycles. The number of anilines is 1. The molecule has 0 spiro atoms. The maximum Gasteiger partial charge on any atom is 0.138 e. The lowest BCUT2D eigenvalue weighted by Gasteiger charge is -2.36. The summed E-state index contributed by atoms with van der Waals surface area (Å²) in [5.74, 6) is 0.924. The fraction of sp³-hybridized carbons (Fsp3) is 0.222. The number of benzene rings is 3. The minimum atomic E-state index is 0.924. The average molecular weight is 467 g/mol. The summed E-state index contributed by atoms with van der Waals surface area (Å²) in [5, 5.41) is 0. The first kappa shape index (κ1) is 21.1. The van der Waals surface area contributed by atoms with Crippen molar-refractivity contribution in [2.24, 2.45) is 0 Å². The van der Waals surface area contributed by atoms with E-state index in [-0.39, 0.29) is 0 Å². The summed E-state index contributed by atoms with van der Waals surface area (Å²) in [7, 11) is 0. The molecule has 0 saturated carbocycles. The zero-order chi connectivity index (χ0) is 22.9. The monoisotopic (exact) mass is 466 g/mol. The lowest BCUT2D eigenvalue weighted by atomic mass is 10.1. The summed E-state index contributed by atoms with van der Waals surface area (Å²) < 4.78 is 0. The number of nitrogens with one attached hydrogen (secondary N) is 1. The third-order valence-corrected chi connectivity index (χ3v) is 7.25. The zero-order valence-electron chi connectivity index (χ0n) is 19.1. The molecule has 6 nitrogen and oxygen atoms in total. The van der Waals surface area contributed by atoms with Gasteiger partial charge < -0.3 is 9.88 Å². The average Bonchev–Trinajstić information content (AvgIpc) is 3.34. The number of imidazole rings is 1.